The first-order chi connectivity index (χ1) is 6.38. The van der Waals surface area contributed by atoms with Crippen LogP contribution in [-0.2, 0) is 11.3 Å². The number of hydrogen-bond donors (Lipinski definition) is 0. The first-order valence-electron chi connectivity index (χ1n) is 3.90. The van der Waals surface area contributed by atoms with Gasteiger partial charge in [-0.1, -0.05) is 29.4 Å². The highest BCUT2D eigenvalue weighted by Crippen LogP contribution is 2.06. The molecular formula is C10H10N2O. The van der Waals surface area contributed by atoms with Gasteiger partial charge in [0.15, 0.2) is 0 Å². The van der Waals surface area contributed by atoms with Crippen molar-refractivity contribution < 1.29 is 4.84 Å². The van der Waals surface area contributed by atoms with Crippen molar-refractivity contribution in [1.29, 1.82) is 5.26 Å². The van der Waals surface area contributed by atoms with Gasteiger partial charge in [0, 0.05) is 5.56 Å². The van der Waals surface area contributed by atoms with E-state index in [2.05, 4.69) is 16.1 Å². The topological polar surface area (TPSA) is 45.4 Å². The summed E-state index contributed by atoms with van der Waals surface area (Å²) in [5, 5.41) is 12.2. The molecule has 3 heteroatoms. The van der Waals surface area contributed by atoms with Gasteiger partial charge in [-0.05, 0) is 5.56 Å². The smallest absolute Gasteiger partial charge is 0.106 e. The molecule has 0 saturated heterocycles. The third kappa shape index (κ3) is 2.60. The second kappa shape index (κ2) is 4.94. The molecule has 0 aromatic heterocycles. The van der Waals surface area contributed by atoms with Gasteiger partial charge in [0.25, 0.3) is 0 Å². The Morgan fingerprint density at radius 3 is 3.00 bits per heavy atom. The Morgan fingerprint density at radius 2 is 2.31 bits per heavy atom. The third-order valence-electron chi connectivity index (χ3n) is 1.62. The van der Waals surface area contributed by atoms with Crippen molar-refractivity contribution in [2.45, 2.75) is 6.42 Å². The van der Waals surface area contributed by atoms with Crippen LogP contribution in [0.25, 0.3) is 0 Å². The molecule has 0 fully saturated rings. The van der Waals surface area contributed by atoms with Crippen molar-refractivity contribution in [3.8, 4) is 6.07 Å². The Morgan fingerprint density at radius 1 is 1.54 bits per heavy atom. The molecule has 0 N–H and O–H groups in total. The van der Waals surface area contributed by atoms with Gasteiger partial charge >= 0.3 is 0 Å². The molecule has 0 radical (unpaired) electrons. The summed E-state index contributed by atoms with van der Waals surface area (Å²) in [6.07, 6.45) is 2.00. The van der Waals surface area contributed by atoms with E-state index in [1.165, 1.54) is 7.11 Å². The van der Waals surface area contributed by atoms with Crippen LogP contribution in [-0.4, -0.2) is 13.3 Å². The zero-order valence-electron chi connectivity index (χ0n) is 7.40. The Balaban J connectivity index is 2.92. The van der Waals surface area contributed by atoms with Crippen molar-refractivity contribution in [2.75, 3.05) is 7.11 Å². The maximum atomic E-state index is 8.54. The summed E-state index contributed by atoms with van der Waals surface area (Å²) < 4.78 is 0. The van der Waals surface area contributed by atoms with E-state index < -0.39 is 0 Å². The van der Waals surface area contributed by atoms with Gasteiger partial charge in [-0.25, -0.2) is 0 Å². The lowest BCUT2D eigenvalue weighted by Crippen LogP contribution is -1.91. The fourth-order valence-electron chi connectivity index (χ4n) is 1.02. The lowest BCUT2D eigenvalue weighted by molar-refractivity contribution is 0.215. The maximum Gasteiger partial charge on any atom is 0.106 e. The Hall–Kier alpha value is -1.82. The molecule has 13 heavy (non-hydrogen) atoms. The zero-order chi connectivity index (χ0) is 9.52. The summed E-state index contributed by atoms with van der Waals surface area (Å²) in [6.45, 7) is 0. The van der Waals surface area contributed by atoms with Gasteiger partial charge in [0.2, 0.25) is 0 Å². The summed E-state index contributed by atoms with van der Waals surface area (Å²) in [4.78, 5) is 4.57. The zero-order valence-corrected chi connectivity index (χ0v) is 7.40. The van der Waals surface area contributed by atoms with Crippen molar-refractivity contribution in [3.63, 3.8) is 0 Å². The van der Waals surface area contributed by atoms with Crippen LogP contribution in [0.2, 0.25) is 0 Å². The maximum absolute atomic E-state index is 8.54. The highest BCUT2D eigenvalue weighted by atomic mass is 16.6. The fraction of sp³-hybridized carbons (Fsp3) is 0.200. The minimum Gasteiger partial charge on any atom is -0.399 e. The van der Waals surface area contributed by atoms with Crippen LogP contribution in [0.4, 0.5) is 0 Å². The Kier molecular flexibility index (Phi) is 3.52. The van der Waals surface area contributed by atoms with Gasteiger partial charge in [-0.15, -0.1) is 0 Å². The van der Waals surface area contributed by atoms with Crippen molar-refractivity contribution >= 4 is 6.21 Å². The molecule has 0 atom stereocenters. The monoisotopic (exact) mass is 174 g/mol. The summed E-state index contributed by atoms with van der Waals surface area (Å²) in [5.41, 5.74) is 1.89. The summed E-state index contributed by atoms with van der Waals surface area (Å²) in [6, 6.07) is 9.70. The predicted molar refractivity (Wildman–Crippen MR) is 50.4 cm³/mol. The molecular weight excluding hydrogens is 164 g/mol. The molecule has 0 aliphatic heterocycles. The van der Waals surface area contributed by atoms with E-state index in [1.807, 2.05) is 24.3 Å². The quantitative estimate of drug-likeness (QED) is 0.517. The first kappa shape index (κ1) is 9.27. The normalized spacial score (nSPS) is 9.85. The molecule has 1 rings (SSSR count). The minimum absolute atomic E-state index is 0.395. The van der Waals surface area contributed by atoms with Crippen molar-refractivity contribution in [1.82, 2.24) is 0 Å². The van der Waals surface area contributed by atoms with Crippen LogP contribution < -0.4 is 0 Å². The van der Waals surface area contributed by atoms with E-state index >= 15 is 0 Å². The van der Waals surface area contributed by atoms with E-state index in [9.17, 15) is 0 Å². The number of nitrogens with zero attached hydrogens (tertiary/aromatic N) is 2. The molecule has 0 spiro atoms. The summed E-state index contributed by atoms with van der Waals surface area (Å²) >= 11 is 0. The third-order valence-corrected chi connectivity index (χ3v) is 1.62. The lowest BCUT2D eigenvalue weighted by Gasteiger charge is -1.98. The molecule has 0 aliphatic carbocycles. The van der Waals surface area contributed by atoms with Crippen molar-refractivity contribution in [2.24, 2.45) is 5.16 Å². The average molecular weight is 174 g/mol. The van der Waals surface area contributed by atoms with E-state index in [4.69, 9.17) is 5.26 Å². The van der Waals surface area contributed by atoms with E-state index in [1.54, 1.807) is 6.21 Å². The largest absolute Gasteiger partial charge is 0.399 e. The van der Waals surface area contributed by atoms with Crippen molar-refractivity contribution in [3.05, 3.63) is 35.4 Å². The van der Waals surface area contributed by atoms with E-state index in [-0.39, 0.29) is 0 Å². The fourth-order valence-corrected chi connectivity index (χ4v) is 1.02. The van der Waals surface area contributed by atoms with Gasteiger partial charge in [-0.2, -0.15) is 5.26 Å². The van der Waals surface area contributed by atoms with Gasteiger partial charge in [0.1, 0.15) is 7.11 Å². The lowest BCUT2D eigenvalue weighted by atomic mass is 10.1. The minimum atomic E-state index is 0.395. The Labute approximate surface area is 77.2 Å². The average Bonchev–Trinajstić information content (AvgIpc) is 2.17. The number of hydrogen-bond acceptors (Lipinski definition) is 3. The second-order valence-corrected chi connectivity index (χ2v) is 2.45. The molecule has 1 aromatic rings. The van der Waals surface area contributed by atoms with E-state index in [0.29, 0.717) is 6.42 Å². The number of nitriles is 1. The first-order valence-corrected chi connectivity index (χ1v) is 3.90. The molecule has 0 bridgehead atoms. The predicted octanol–water partition coefficient (Wildman–Crippen LogP) is 1.73. The van der Waals surface area contributed by atoms with Gasteiger partial charge in [-0.3, -0.25) is 0 Å². The molecule has 66 valence electrons. The molecule has 0 heterocycles. The molecule has 0 aliphatic rings. The number of oxime groups is 1. The highest BCUT2D eigenvalue weighted by Gasteiger charge is 1.97. The molecule has 0 unspecified atom stereocenters. The van der Waals surface area contributed by atoms with Crippen LogP contribution in [0.1, 0.15) is 11.1 Å². The van der Waals surface area contributed by atoms with Crippen LogP contribution in [0, 0.1) is 11.3 Å². The van der Waals surface area contributed by atoms with Gasteiger partial charge in [0.05, 0.1) is 18.7 Å². The van der Waals surface area contributed by atoms with Crippen LogP contribution >= 0.6 is 0 Å². The number of rotatable bonds is 3. The van der Waals surface area contributed by atoms with Crippen LogP contribution in [0.15, 0.2) is 29.4 Å². The van der Waals surface area contributed by atoms with Crippen LogP contribution in [0.3, 0.4) is 0 Å². The second-order valence-electron chi connectivity index (χ2n) is 2.45. The molecule has 0 amide bonds. The molecule has 3 nitrogen and oxygen atoms in total. The van der Waals surface area contributed by atoms with Crippen LogP contribution in [0.5, 0.6) is 0 Å². The Bertz CT molecular complexity index is 339. The van der Waals surface area contributed by atoms with E-state index in [0.717, 1.165) is 11.1 Å². The summed E-state index contributed by atoms with van der Waals surface area (Å²) in [7, 11) is 1.49. The molecule has 0 saturated carbocycles. The molecule has 1 aromatic carbocycles. The summed E-state index contributed by atoms with van der Waals surface area (Å²) in [5.74, 6) is 0. The van der Waals surface area contributed by atoms with Gasteiger partial charge < -0.3 is 4.84 Å². The highest BCUT2D eigenvalue weighted by molar-refractivity contribution is 5.81. The standard InChI is InChI=1S/C10H10N2O/c1-13-12-8-10-5-3-2-4-9(10)6-7-11/h2-5,8H,6H2,1H3. The number of benzene rings is 1. The SMILES string of the molecule is CON=Cc1ccccc1CC#N.